The lowest BCUT2D eigenvalue weighted by Crippen LogP contribution is -2.25. The molecule has 0 unspecified atom stereocenters. The molecular weight excluding hydrogens is 192 g/mol. The molecule has 0 fully saturated rings. The van der Waals surface area contributed by atoms with Crippen molar-refractivity contribution in [1.29, 1.82) is 0 Å². The molecule has 0 bridgehead atoms. The Hall–Kier alpha value is -1.84. The van der Waals surface area contributed by atoms with Gasteiger partial charge in [0.25, 0.3) is 0 Å². The van der Waals surface area contributed by atoms with Crippen molar-refractivity contribution in [1.82, 2.24) is 9.13 Å². The van der Waals surface area contributed by atoms with Gasteiger partial charge in [-0.3, -0.25) is 9.36 Å². The fourth-order valence-corrected chi connectivity index (χ4v) is 1.76. The highest BCUT2D eigenvalue weighted by Crippen LogP contribution is 2.13. The standard InChI is InChI=1S/C11H12N2O2/c1-7-4-5-9-10(6-7)13(8(2)14)11(15)12(9)3/h4-6H,1-3H3. The van der Waals surface area contributed by atoms with Gasteiger partial charge < -0.3 is 0 Å². The lowest BCUT2D eigenvalue weighted by atomic mass is 10.2. The van der Waals surface area contributed by atoms with Gasteiger partial charge >= 0.3 is 5.69 Å². The van der Waals surface area contributed by atoms with Crippen LogP contribution in [-0.2, 0) is 7.05 Å². The van der Waals surface area contributed by atoms with E-state index in [0.29, 0.717) is 5.52 Å². The summed E-state index contributed by atoms with van der Waals surface area (Å²) in [6, 6.07) is 5.62. The van der Waals surface area contributed by atoms with Crippen molar-refractivity contribution in [3.8, 4) is 0 Å². The second kappa shape index (κ2) is 3.08. The first-order valence-corrected chi connectivity index (χ1v) is 4.71. The predicted octanol–water partition coefficient (Wildman–Crippen LogP) is 1.31. The number of fused-ring (bicyclic) bond motifs is 1. The molecule has 0 amide bonds. The number of hydrogen-bond donors (Lipinski definition) is 0. The largest absolute Gasteiger partial charge is 0.335 e. The SMILES string of the molecule is CC(=O)n1c(=O)n(C)c2ccc(C)cc21. The fraction of sp³-hybridized carbons (Fsp3) is 0.273. The third kappa shape index (κ3) is 1.29. The van der Waals surface area contributed by atoms with Gasteiger partial charge in [0, 0.05) is 14.0 Å². The summed E-state index contributed by atoms with van der Waals surface area (Å²) >= 11 is 0. The van der Waals surface area contributed by atoms with Gasteiger partial charge in [-0.25, -0.2) is 9.36 Å². The molecule has 0 saturated carbocycles. The van der Waals surface area contributed by atoms with Gasteiger partial charge in [0.05, 0.1) is 11.0 Å². The molecule has 0 N–H and O–H groups in total. The third-order valence-corrected chi connectivity index (χ3v) is 2.53. The Balaban J connectivity index is 3.02. The quantitative estimate of drug-likeness (QED) is 0.649. The summed E-state index contributed by atoms with van der Waals surface area (Å²) in [6.07, 6.45) is 0. The molecule has 78 valence electrons. The van der Waals surface area contributed by atoms with Gasteiger partial charge in [-0.15, -0.1) is 0 Å². The van der Waals surface area contributed by atoms with Gasteiger partial charge in [-0.05, 0) is 24.6 Å². The van der Waals surface area contributed by atoms with Crippen molar-refractivity contribution in [3.63, 3.8) is 0 Å². The summed E-state index contributed by atoms with van der Waals surface area (Å²) in [4.78, 5) is 23.1. The monoisotopic (exact) mass is 204 g/mol. The third-order valence-electron chi connectivity index (χ3n) is 2.53. The van der Waals surface area contributed by atoms with Crippen molar-refractivity contribution in [2.45, 2.75) is 13.8 Å². The first kappa shape index (κ1) is 9.71. The van der Waals surface area contributed by atoms with Crippen LogP contribution >= 0.6 is 0 Å². The minimum Gasteiger partial charge on any atom is -0.295 e. The van der Waals surface area contributed by atoms with E-state index >= 15 is 0 Å². The first-order valence-electron chi connectivity index (χ1n) is 4.71. The zero-order valence-electron chi connectivity index (χ0n) is 8.94. The van der Waals surface area contributed by atoms with E-state index in [2.05, 4.69) is 0 Å². The number of aromatic nitrogens is 2. The average molecular weight is 204 g/mol. The minimum absolute atomic E-state index is 0.254. The second-order valence-corrected chi connectivity index (χ2v) is 3.69. The van der Waals surface area contributed by atoms with Crippen LogP contribution in [0.1, 0.15) is 17.3 Å². The van der Waals surface area contributed by atoms with Crippen molar-refractivity contribution < 1.29 is 4.79 Å². The maximum atomic E-state index is 11.7. The summed E-state index contributed by atoms with van der Waals surface area (Å²) in [7, 11) is 1.67. The predicted molar refractivity (Wildman–Crippen MR) is 58.2 cm³/mol. The summed E-state index contributed by atoms with van der Waals surface area (Å²) in [5.41, 5.74) is 2.20. The Kier molecular flexibility index (Phi) is 2.00. The van der Waals surface area contributed by atoms with Crippen LogP contribution in [0.2, 0.25) is 0 Å². The van der Waals surface area contributed by atoms with E-state index in [1.54, 1.807) is 7.05 Å². The van der Waals surface area contributed by atoms with Crippen LogP contribution in [0.15, 0.2) is 23.0 Å². The molecule has 2 rings (SSSR count). The highest BCUT2D eigenvalue weighted by molar-refractivity contribution is 5.89. The van der Waals surface area contributed by atoms with E-state index in [0.717, 1.165) is 11.1 Å². The van der Waals surface area contributed by atoms with Gasteiger partial charge in [0.2, 0.25) is 5.91 Å². The van der Waals surface area contributed by atoms with E-state index in [9.17, 15) is 9.59 Å². The fourth-order valence-electron chi connectivity index (χ4n) is 1.76. The molecule has 4 nitrogen and oxygen atoms in total. The van der Waals surface area contributed by atoms with Crippen LogP contribution in [0.4, 0.5) is 0 Å². The highest BCUT2D eigenvalue weighted by Gasteiger charge is 2.12. The van der Waals surface area contributed by atoms with E-state index < -0.39 is 0 Å². The highest BCUT2D eigenvalue weighted by atomic mass is 16.2. The van der Waals surface area contributed by atoms with E-state index in [1.807, 2.05) is 25.1 Å². The van der Waals surface area contributed by atoms with E-state index in [4.69, 9.17) is 0 Å². The molecule has 0 aliphatic heterocycles. The van der Waals surface area contributed by atoms with Gasteiger partial charge in [0.1, 0.15) is 0 Å². The van der Waals surface area contributed by atoms with E-state index in [1.165, 1.54) is 16.1 Å². The molecular formula is C11H12N2O2. The van der Waals surface area contributed by atoms with E-state index in [-0.39, 0.29) is 11.6 Å². The molecule has 15 heavy (non-hydrogen) atoms. The topological polar surface area (TPSA) is 44.0 Å². The first-order chi connectivity index (χ1) is 7.02. The average Bonchev–Trinajstić information content (AvgIpc) is 2.39. The number of nitrogens with zero attached hydrogens (tertiary/aromatic N) is 2. The molecule has 0 aliphatic carbocycles. The van der Waals surface area contributed by atoms with Gasteiger partial charge in [-0.2, -0.15) is 0 Å². The van der Waals surface area contributed by atoms with Crippen molar-refractivity contribution in [2.75, 3.05) is 0 Å². The van der Waals surface area contributed by atoms with Crippen LogP contribution < -0.4 is 5.69 Å². The molecule has 2 aromatic rings. The Morgan fingerprint density at radius 1 is 1.27 bits per heavy atom. The smallest absolute Gasteiger partial charge is 0.295 e. The Labute approximate surface area is 86.7 Å². The number of carbonyl (C=O) groups excluding carboxylic acids is 1. The Bertz CT molecular complexity index is 605. The number of carbonyl (C=O) groups is 1. The van der Waals surface area contributed by atoms with Crippen LogP contribution in [0.3, 0.4) is 0 Å². The zero-order valence-corrected chi connectivity index (χ0v) is 8.94. The molecule has 1 aromatic carbocycles. The van der Waals surface area contributed by atoms with Crippen molar-refractivity contribution >= 4 is 16.9 Å². The van der Waals surface area contributed by atoms with Crippen LogP contribution in [0.5, 0.6) is 0 Å². The molecule has 0 aliphatic rings. The Morgan fingerprint density at radius 3 is 2.53 bits per heavy atom. The molecule has 0 saturated heterocycles. The molecule has 4 heteroatoms. The lowest BCUT2D eigenvalue weighted by Gasteiger charge is -1.97. The van der Waals surface area contributed by atoms with Gasteiger partial charge in [-0.1, -0.05) is 6.07 Å². The Morgan fingerprint density at radius 2 is 1.93 bits per heavy atom. The summed E-state index contributed by atoms with van der Waals surface area (Å²) < 4.78 is 2.68. The van der Waals surface area contributed by atoms with Crippen molar-refractivity contribution in [2.24, 2.45) is 7.05 Å². The number of hydrogen-bond acceptors (Lipinski definition) is 2. The number of aryl methyl sites for hydroxylation is 2. The maximum absolute atomic E-state index is 11.7. The zero-order chi connectivity index (χ0) is 11.2. The molecule has 0 spiro atoms. The molecule has 1 aromatic heterocycles. The van der Waals surface area contributed by atoms with Crippen LogP contribution in [0, 0.1) is 6.92 Å². The van der Waals surface area contributed by atoms with Crippen LogP contribution in [0.25, 0.3) is 11.0 Å². The molecule has 0 radical (unpaired) electrons. The number of rotatable bonds is 0. The van der Waals surface area contributed by atoms with Crippen LogP contribution in [-0.4, -0.2) is 15.0 Å². The maximum Gasteiger partial charge on any atom is 0.335 e. The normalized spacial score (nSPS) is 10.9. The summed E-state index contributed by atoms with van der Waals surface area (Å²) in [5, 5.41) is 0. The minimum atomic E-state index is -0.289. The second-order valence-electron chi connectivity index (χ2n) is 3.69. The number of benzene rings is 1. The van der Waals surface area contributed by atoms with Crippen molar-refractivity contribution in [3.05, 3.63) is 34.2 Å². The summed E-state index contributed by atoms with van der Waals surface area (Å²) in [6.45, 7) is 3.32. The summed E-state index contributed by atoms with van der Waals surface area (Å²) in [5.74, 6) is -0.254. The molecule has 0 atom stereocenters. The lowest BCUT2D eigenvalue weighted by molar-refractivity contribution is 0.0936. The number of imidazole rings is 1. The van der Waals surface area contributed by atoms with Gasteiger partial charge in [0.15, 0.2) is 0 Å². The molecule has 1 heterocycles.